The predicted octanol–water partition coefficient (Wildman–Crippen LogP) is -11.6. The van der Waals surface area contributed by atoms with Gasteiger partial charge in [0.1, 0.15) is 0 Å². The summed E-state index contributed by atoms with van der Waals surface area (Å²) in [7, 11) is -9.89. The van der Waals surface area contributed by atoms with Crippen molar-refractivity contribution in [3.05, 3.63) is 75.9 Å². The summed E-state index contributed by atoms with van der Waals surface area (Å²) in [5.41, 5.74) is 27.2. The maximum atomic E-state index is 9.47. The maximum absolute atomic E-state index is 9.47. The van der Waals surface area contributed by atoms with Crippen LogP contribution in [0.2, 0.25) is 0 Å². The Balaban J connectivity index is -0.0000000406. The number of amides is 6. The minimum absolute atomic E-state index is 0. The zero-order valence-corrected chi connectivity index (χ0v) is 23.7. The van der Waals surface area contributed by atoms with Crippen molar-refractivity contribution in [3.63, 3.8) is 0 Å². The van der Waals surface area contributed by atoms with Gasteiger partial charge in [0.25, 0.3) is 0 Å². The van der Waals surface area contributed by atoms with E-state index in [0.29, 0.717) is 0 Å². The van der Waals surface area contributed by atoms with Crippen LogP contribution in [0.15, 0.2) is 75.9 Å². The van der Waals surface area contributed by atoms with E-state index in [2.05, 4.69) is 73.9 Å². The Bertz CT molecular complexity index is 653. The van der Waals surface area contributed by atoms with Crippen LogP contribution in [0.5, 0.6) is 0 Å². The van der Waals surface area contributed by atoms with Gasteiger partial charge in [0.05, 0.1) is 0 Å². The van der Waals surface area contributed by atoms with E-state index >= 15 is 0 Å². The molecule has 0 saturated carbocycles. The third-order valence-electron chi connectivity index (χ3n) is 1.21. The summed E-state index contributed by atoms with van der Waals surface area (Å²) in [5, 5.41) is 0. The summed E-state index contributed by atoms with van der Waals surface area (Å²) >= 11 is 0. The number of rotatable bonds is 6. The molecule has 41 heavy (non-hydrogen) atoms. The quantitative estimate of drug-likeness (QED) is 0.112. The van der Waals surface area contributed by atoms with Gasteiger partial charge in [-0.25, -0.2) is 37.3 Å². The molecule has 0 bridgehead atoms. The van der Waals surface area contributed by atoms with Crippen molar-refractivity contribution in [2.24, 2.45) is 34.4 Å². The minimum atomic E-state index is -4.94. The molecule has 0 aliphatic rings. The van der Waals surface area contributed by atoms with Gasteiger partial charge in [-0.1, -0.05) is 39.5 Å². The molecule has 0 heterocycles. The van der Waals surface area contributed by atoms with E-state index in [1.807, 2.05) is 0 Å². The van der Waals surface area contributed by atoms with Gasteiger partial charge in [-0.15, -0.1) is 20.5 Å². The number of primary amides is 6. The summed E-state index contributed by atoms with van der Waals surface area (Å²) in [4.78, 5) is 56.8. The van der Waals surface area contributed by atoms with E-state index in [1.54, 1.807) is 0 Å². The molecule has 1 radical (unpaired) electrons. The molecular weight excluding hydrogens is 650 g/mol. The van der Waals surface area contributed by atoms with Crippen LogP contribution in [0.3, 0.4) is 0 Å². The van der Waals surface area contributed by atoms with Crippen LogP contribution in [0.1, 0.15) is 0 Å². The van der Waals surface area contributed by atoms with Gasteiger partial charge in [0.2, 0.25) is 35.4 Å². The van der Waals surface area contributed by atoms with Gasteiger partial charge in [0.15, 0.2) is 0 Å². The summed E-state index contributed by atoms with van der Waals surface area (Å²) in [6, 6.07) is 0. The molecule has 237 valence electrons. The fourth-order valence-corrected chi connectivity index (χ4v) is 0. The molecule has 0 unspecified atom stereocenters. The summed E-state index contributed by atoms with van der Waals surface area (Å²) in [6.45, 7) is 18.5. The second kappa shape index (κ2) is 43.1. The Morgan fingerprint density at radius 2 is 0.390 bits per heavy atom. The van der Waals surface area contributed by atoms with Crippen LogP contribution >= 0.6 is 0 Å². The van der Waals surface area contributed by atoms with Gasteiger partial charge in [-0.2, -0.15) is 0 Å². The van der Waals surface area contributed by atoms with E-state index in [0.717, 1.165) is 36.5 Å². The van der Waals surface area contributed by atoms with Crippen molar-refractivity contribution < 1.29 is 104 Å². The van der Waals surface area contributed by atoms with E-state index in [-0.39, 0.29) is 17.1 Å². The molecule has 0 fully saturated rings. The van der Waals surface area contributed by atoms with Crippen molar-refractivity contribution in [3.8, 4) is 0 Å². The third kappa shape index (κ3) is 646. The van der Waals surface area contributed by atoms with Crippen LogP contribution in [0, 0.1) is 20.5 Å². The number of nitrogens with two attached hydrogens (primary N) is 6. The van der Waals surface area contributed by atoms with Gasteiger partial charge >= 0.3 is 17.1 Å². The number of halogens is 2. The molecule has 0 saturated heterocycles. The fourth-order valence-electron chi connectivity index (χ4n) is 0. The van der Waals surface area contributed by atoms with Crippen LogP contribution in [0.4, 0.5) is 0 Å². The zero-order chi connectivity index (χ0) is 34.7. The van der Waals surface area contributed by atoms with Crippen molar-refractivity contribution in [1.29, 1.82) is 0 Å². The topological polar surface area (TPSA) is 443 Å². The van der Waals surface area contributed by atoms with Crippen LogP contribution in [-0.2, 0) is 45.8 Å². The van der Waals surface area contributed by atoms with Crippen molar-refractivity contribution in [1.82, 2.24) is 0 Å². The standard InChI is InChI=1S/6C3H5NO.2ClHO4.Mn/c6*1-2-3(4)5;2*2-1(3,4)5;/h6*2H,1H2,(H2,4,5);2*(H,2,3,4,5);/q;;;;;;;;+2/p-2. The van der Waals surface area contributed by atoms with Gasteiger partial charge in [0, 0.05) is 0 Å². The van der Waals surface area contributed by atoms with Gasteiger partial charge < -0.3 is 34.4 Å². The summed E-state index contributed by atoms with van der Waals surface area (Å²) in [5.74, 6) is -2.89. The predicted molar refractivity (Wildman–Crippen MR) is 116 cm³/mol. The molecule has 0 atom stereocenters. The van der Waals surface area contributed by atoms with E-state index < -0.39 is 55.9 Å². The molecule has 0 aliphatic heterocycles. The second-order valence-electron chi connectivity index (χ2n) is 4.39. The molecule has 23 heteroatoms. The first-order valence-electron chi connectivity index (χ1n) is 8.37. The van der Waals surface area contributed by atoms with Crippen molar-refractivity contribution in [2.75, 3.05) is 0 Å². The molecule has 6 amide bonds. The molecule has 0 aromatic rings. The molecular formula is C18H30Cl2MnN6O14. The maximum Gasteiger partial charge on any atom is 2.00 e. The van der Waals surface area contributed by atoms with Crippen LogP contribution in [0.25, 0.3) is 0 Å². The largest absolute Gasteiger partial charge is 2.00 e. The fraction of sp³-hybridized carbons (Fsp3) is 0. The Morgan fingerprint density at radius 3 is 0.390 bits per heavy atom. The van der Waals surface area contributed by atoms with Crippen LogP contribution in [-0.4, -0.2) is 35.4 Å². The zero-order valence-electron chi connectivity index (χ0n) is 21.0. The average molecular weight is 680 g/mol. The average Bonchev–Trinajstić information content (AvgIpc) is 2.78. The Labute approximate surface area is 249 Å². The monoisotopic (exact) mass is 679 g/mol. The Morgan fingerprint density at radius 1 is 0.366 bits per heavy atom. The van der Waals surface area contributed by atoms with E-state index in [1.165, 1.54) is 0 Å². The number of carbonyl (C=O) groups excluding carboxylic acids is 6. The Kier molecular flexibility index (Phi) is 64.3. The molecule has 12 N–H and O–H groups in total. The van der Waals surface area contributed by atoms with E-state index in [4.69, 9.17) is 37.3 Å². The molecule has 20 nitrogen and oxygen atoms in total. The number of hydrogen-bond donors (Lipinski definition) is 6. The first-order chi connectivity index (χ1) is 17.6. The van der Waals surface area contributed by atoms with Crippen molar-refractivity contribution >= 4 is 35.4 Å². The van der Waals surface area contributed by atoms with Gasteiger partial charge in [-0.05, 0) is 36.5 Å². The molecule has 0 spiro atoms. The summed E-state index contributed by atoms with van der Waals surface area (Å²) < 4.78 is 67.9. The van der Waals surface area contributed by atoms with E-state index in [9.17, 15) is 28.8 Å². The molecule has 0 rings (SSSR count). The Hall–Kier alpha value is -3.96. The molecule has 0 aliphatic carbocycles. The number of hydrogen-bond acceptors (Lipinski definition) is 14. The normalized spacial score (nSPS) is 7.61. The summed E-state index contributed by atoms with van der Waals surface area (Å²) in [6.07, 6.45) is 6.33. The smallest absolute Gasteiger partial charge is 0.366 e. The SMILES string of the molecule is C=CC(N)=O.C=CC(N)=O.C=CC(N)=O.C=CC(N)=O.C=CC(N)=O.C=CC(N)=O.[Mn+2].[O-][Cl+3]([O-])([O-])[O-].[O-][Cl+3]([O-])([O-])[O-]. The van der Waals surface area contributed by atoms with Crippen molar-refractivity contribution in [2.45, 2.75) is 0 Å². The molecule has 0 aromatic heterocycles. The number of carbonyl (C=O) groups is 6. The first-order valence-corrected chi connectivity index (χ1v) is 10.8. The first kappa shape index (κ1) is 61.2. The minimum Gasteiger partial charge on any atom is -0.366 e. The van der Waals surface area contributed by atoms with Gasteiger partial charge in [-0.3, -0.25) is 28.8 Å². The van der Waals surface area contributed by atoms with Crippen LogP contribution < -0.4 is 71.7 Å². The molecule has 0 aromatic carbocycles. The second-order valence-corrected chi connectivity index (χ2v) is 5.91. The third-order valence-corrected chi connectivity index (χ3v) is 1.21.